The quantitative estimate of drug-likeness (QED) is 0.616. The van der Waals surface area contributed by atoms with Crippen LogP contribution in [0.3, 0.4) is 0 Å². The molecular formula is C15H21N3O4. The average molecular weight is 307 g/mol. The summed E-state index contributed by atoms with van der Waals surface area (Å²) in [6.07, 6.45) is 0.874. The Hall–Kier alpha value is -1.99. The van der Waals surface area contributed by atoms with Gasteiger partial charge in [0, 0.05) is 51.3 Å². The topological polar surface area (TPSA) is 86.9 Å². The van der Waals surface area contributed by atoms with Gasteiger partial charge in [-0.3, -0.25) is 19.8 Å². The fourth-order valence-electron chi connectivity index (χ4n) is 2.60. The Morgan fingerprint density at radius 1 is 1.27 bits per heavy atom. The number of β-amino-alcohol motifs (C(OH)–C–C–N with tert-alkyl or cyclic N) is 1. The van der Waals surface area contributed by atoms with E-state index in [-0.39, 0.29) is 18.2 Å². The Balaban J connectivity index is 1.81. The van der Waals surface area contributed by atoms with Gasteiger partial charge in [-0.2, -0.15) is 0 Å². The van der Waals surface area contributed by atoms with Crippen LogP contribution in [0.2, 0.25) is 0 Å². The van der Waals surface area contributed by atoms with E-state index in [2.05, 4.69) is 4.90 Å². The number of hydrogen-bond donors (Lipinski definition) is 1. The number of amides is 1. The van der Waals surface area contributed by atoms with Gasteiger partial charge in [0.2, 0.25) is 5.91 Å². The molecule has 0 aromatic heterocycles. The van der Waals surface area contributed by atoms with Crippen LogP contribution in [0, 0.1) is 10.1 Å². The lowest BCUT2D eigenvalue weighted by molar-refractivity contribution is -0.384. The largest absolute Gasteiger partial charge is 0.395 e. The molecule has 1 aromatic rings. The van der Waals surface area contributed by atoms with Crippen molar-refractivity contribution in [2.45, 2.75) is 12.8 Å². The highest BCUT2D eigenvalue weighted by Gasteiger charge is 2.20. The Labute approximate surface area is 129 Å². The monoisotopic (exact) mass is 307 g/mol. The second-order valence-corrected chi connectivity index (χ2v) is 5.37. The third-order valence-corrected chi connectivity index (χ3v) is 3.89. The number of aryl methyl sites for hydroxylation is 1. The van der Waals surface area contributed by atoms with Crippen LogP contribution in [0.1, 0.15) is 12.0 Å². The first kappa shape index (κ1) is 16.4. The number of aliphatic hydroxyl groups is 1. The Morgan fingerprint density at radius 3 is 2.64 bits per heavy atom. The van der Waals surface area contributed by atoms with Crippen LogP contribution in [0.4, 0.5) is 5.69 Å². The van der Waals surface area contributed by atoms with E-state index >= 15 is 0 Å². The van der Waals surface area contributed by atoms with Crippen molar-refractivity contribution < 1.29 is 14.8 Å². The van der Waals surface area contributed by atoms with Gasteiger partial charge in [0.15, 0.2) is 0 Å². The zero-order valence-electron chi connectivity index (χ0n) is 12.5. The summed E-state index contributed by atoms with van der Waals surface area (Å²) in [6.45, 7) is 3.70. The fraction of sp³-hybridized carbons (Fsp3) is 0.533. The molecule has 22 heavy (non-hydrogen) atoms. The van der Waals surface area contributed by atoms with Gasteiger partial charge >= 0.3 is 0 Å². The smallest absolute Gasteiger partial charge is 0.269 e. The number of piperazine rings is 1. The standard InChI is InChI=1S/C15H21N3O4/c19-11-10-16-6-8-17(9-7-16)15(20)5-4-13-2-1-3-14(12-13)18(21)22/h1-3,12,19H,4-11H2. The lowest BCUT2D eigenvalue weighted by Crippen LogP contribution is -2.49. The third kappa shape index (κ3) is 4.51. The second-order valence-electron chi connectivity index (χ2n) is 5.37. The van der Waals surface area contributed by atoms with Crippen LogP contribution in [-0.2, 0) is 11.2 Å². The van der Waals surface area contributed by atoms with E-state index in [4.69, 9.17) is 5.11 Å². The lowest BCUT2D eigenvalue weighted by atomic mass is 10.1. The molecule has 0 spiro atoms. The van der Waals surface area contributed by atoms with Gasteiger partial charge in [0.05, 0.1) is 11.5 Å². The molecule has 0 atom stereocenters. The molecule has 1 fully saturated rings. The van der Waals surface area contributed by atoms with E-state index in [0.29, 0.717) is 32.5 Å². The molecule has 7 heteroatoms. The van der Waals surface area contributed by atoms with Crippen molar-refractivity contribution in [3.8, 4) is 0 Å². The summed E-state index contributed by atoms with van der Waals surface area (Å²) in [7, 11) is 0. The molecule has 1 amide bonds. The van der Waals surface area contributed by atoms with Crippen LogP contribution in [-0.4, -0.2) is 65.1 Å². The number of hydrogen-bond acceptors (Lipinski definition) is 5. The summed E-state index contributed by atoms with van der Waals surface area (Å²) >= 11 is 0. The van der Waals surface area contributed by atoms with Crippen molar-refractivity contribution in [3.05, 3.63) is 39.9 Å². The van der Waals surface area contributed by atoms with Crippen LogP contribution < -0.4 is 0 Å². The number of carbonyl (C=O) groups is 1. The minimum atomic E-state index is -0.425. The Kier molecular flexibility index (Phi) is 5.85. The summed E-state index contributed by atoms with van der Waals surface area (Å²) in [4.78, 5) is 26.4. The van der Waals surface area contributed by atoms with E-state index in [9.17, 15) is 14.9 Å². The zero-order valence-corrected chi connectivity index (χ0v) is 12.5. The Morgan fingerprint density at radius 2 is 2.00 bits per heavy atom. The van der Waals surface area contributed by atoms with Crippen LogP contribution in [0.5, 0.6) is 0 Å². The summed E-state index contributed by atoms with van der Waals surface area (Å²) in [5.74, 6) is 0.0788. The zero-order chi connectivity index (χ0) is 15.9. The highest BCUT2D eigenvalue weighted by Crippen LogP contribution is 2.15. The van der Waals surface area contributed by atoms with Crippen molar-refractivity contribution >= 4 is 11.6 Å². The molecule has 0 unspecified atom stereocenters. The van der Waals surface area contributed by atoms with Crippen LogP contribution >= 0.6 is 0 Å². The van der Waals surface area contributed by atoms with E-state index in [1.807, 2.05) is 4.90 Å². The highest BCUT2D eigenvalue weighted by molar-refractivity contribution is 5.76. The molecule has 0 saturated carbocycles. The predicted molar refractivity (Wildman–Crippen MR) is 81.5 cm³/mol. The maximum absolute atomic E-state index is 12.2. The molecule has 0 radical (unpaired) electrons. The first-order valence-corrected chi connectivity index (χ1v) is 7.44. The highest BCUT2D eigenvalue weighted by atomic mass is 16.6. The SMILES string of the molecule is O=C(CCc1cccc([N+](=O)[O-])c1)N1CCN(CCO)CC1. The Bertz CT molecular complexity index is 527. The van der Waals surface area contributed by atoms with Gasteiger partial charge in [-0.25, -0.2) is 0 Å². The summed E-state index contributed by atoms with van der Waals surface area (Å²) in [5, 5.41) is 19.6. The number of rotatable bonds is 6. The number of benzene rings is 1. The number of carbonyl (C=O) groups excluding carboxylic acids is 1. The summed E-state index contributed by atoms with van der Waals surface area (Å²) in [5.41, 5.74) is 0.865. The minimum absolute atomic E-state index is 0.0579. The number of non-ortho nitro benzene ring substituents is 1. The second kappa shape index (κ2) is 7.86. The van der Waals surface area contributed by atoms with Gasteiger partial charge in [0.25, 0.3) is 5.69 Å². The maximum Gasteiger partial charge on any atom is 0.269 e. The molecule has 1 N–H and O–H groups in total. The van der Waals surface area contributed by atoms with Crippen molar-refractivity contribution in [1.82, 2.24) is 9.80 Å². The average Bonchev–Trinajstić information content (AvgIpc) is 2.54. The first-order chi connectivity index (χ1) is 10.6. The van der Waals surface area contributed by atoms with Gasteiger partial charge in [-0.05, 0) is 12.0 Å². The van der Waals surface area contributed by atoms with E-state index in [1.165, 1.54) is 12.1 Å². The van der Waals surface area contributed by atoms with Crippen LogP contribution in [0.15, 0.2) is 24.3 Å². The van der Waals surface area contributed by atoms with Crippen molar-refractivity contribution in [2.75, 3.05) is 39.3 Å². The minimum Gasteiger partial charge on any atom is -0.395 e. The predicted octanol–water partition coefficient (Wildman–Crippen LogP) is 0.664. The number of nitrogens with zero attached hydrogens (tertiary/aromatic N) is 3. The van der Waals surface area contributed by atoms with Crippen LogP contribution in [0.25, 0.3) is 0 Å². The molecule has 2 rings (SSSR count). The molecule has 120 valence electrons. The van der Waals surface area contributed by atoms with Gasteiger partial charge in [-0.1, -0.05) is 12.1 Å². The third-order valence-electron chi connectivity index (χ3n) is 3.89. The molecule has 7 nitrogen and oxygen atoms in total. The number of aliphatic hydroxyl groups excluding tert-OH is 1. The lowest BCUT2D eigenvalue weighted by Gasteiger charge is -2.34. The maximum atomic E-state index is 12.2. The van der Waals surface area contributed by atoms with Gasteiger partial charge in [-0.15, -0.1) is 0 Å². The summed E-state index contributed by atoms with van der Waals surface area (Å²) in [6, 6.07) is 6.42. The molecular weight excluding hydrogens is 286 g/mol. The molecule has 1 heterocycles. The molecule has 1 aromatic carbocycles. The molecule has 0 bridgehead atoms. The number of nitro groups is 1. The molecule has 0 aliphatic carbocycles. The van der Waals surface area contributed by atoms with E-state index in [0.717, 1.165) is 18.7 Å². The summed E-state index contributed by atoms with van der Waals surface area (Å²) < 4.78 is 0. The van der Waals surface area contributed by atoms with Crippen molar-refractivity contribution in [3.63, 3.8) is 0 Å². The van der Waals surface area contributed by atoms with E-state index < -0.39 is 4.92 Å². The van der Waals surface area contributed by atoms with Crippen molar-refractivity contribution in [2.24, 2.45) is 0 Å². The normalized spacial score (nSPS) is 15.8. The number of nitro benzene ring substituents is 1. The van der Waals surface area contributed by atoms with Gasteiger partial charge in [0.1, 0.15) is 0 Å². The first-order valence-electron chi connectivity index (χ1n) is 7.44. The van der Waals surface area contributed by atoms with Crippen molar-refractivity contribution in [1.29, 1.82) is 0 Å². The van der Waals surface area contributed by atoms with E-state index in [1.54, 1.807) is 12.1 Å². The molecule has 1 aliphatic heterocycles. The fourth-order valence-corrected chi connectivity index (χ4v) is 2.60. The van der Waals surface area contributed by atoms with Gasteiger partial charge < -0.3 is 10.0 Å². The molecule has 1 saturated heterocycles. The molecule has 1 aliphatic rings.